The van der Waals surface area contributed by atoms with Gasteiger partial charge in [0.25, 0.3) is 0 Å². The van der Waals surface area contributed by atoms with Crippen LogP contribution in [0.4, 0.5) is 0 Å². The summed E-state index contributed by atoms with van der Waals surface area (Å²) in [6.45, 7) is 20.9. The van der Waals surface area contributed by atoms with Gasteiger partial charge in [-0.2, -0.15) is 9.90 Å². The monoisotopic (exact) mass is 830 g/mol. The predicted molar refractivity (Wildman–Crippen MR) is 243 cm³/mol. The largest absolute Gasteiger partial charge is 0.465 e. The zero-order valence-electron chi connectivity index (χ0n) is 35.4. The highest BCUT2D eigenvalue weighted by molar-refractivity contribution is 6.92. The van der Waals surface area contributed by atoms with Crippen molar-refractivity contribution in [3.8, 4) is 0 Å². The molecule has 330 valence electrons. The molecule has 4 saturated heterocycles. The Kier molecular flexibility index (Phi) is 29.4. The molecule has 1 atom stereocenters. The number of carbonyl (C=O) groups is 3. The minimum absolute atomic E-state index is 0. The Balaban J connectivity index is 0.000000463. The number of hydrogen-bond acceptors (Lipinski definition) is 12. The van der Waals surface area contributed by atoms with Crippen molar-refractivity contribution in [3.63, 3.8) is 0 Å². The van der Waals surface area contributed by atoms with E-state index in [1.807, 2.05) is 4.90 Å². The first-order valence-corrected chi connectivity index (χ1v) is 21.2. The van der Waals surface area contributed by atoms with Crippen LogP contribution in [0.15, 0.2) is 60.7 Å². The van der Waals surface area contributed by atoms with Gasteiger partial charge in [0.15, 0.2) is 0 Å². The number of hydrogen-bond donors (Lipinski definition) is 2. The minimum atomic E-state index is -0.169. The molecule has 4 aliphatic rings. The van der Waals surface area contributed by atoms with Crippen LogP contribution in [0.2, 0.25) is 0 Å². The van der Waals surface area contributed by atoms with E-state index in [1.54, 1.807) is 0 Å². The van der Waals surface area contributed by atoms with Gasteiger partial charge in [-0.05, 0) is 36.8 Å². The fourth-order valence-electron chi connectivity index (χ4n) is 7.36. The predicted octanol–water partition coefficient (Wildman–Crippen LogP) is 5.55. The Labute approximate surface area is 354 Å². The Morgan fingerprint density at radius 1 is 0.621 bits per heavy atom. The van der Waals surface area contributed by atoms with Crippen LogP contribution in [0, 0.1) is 0 Å². The summed E-state index contributed by atoms with van der Waals surface area (Å²) in [6.07, 6.45) is 7.46. The maximum atomic E-state index is 11.9. The van der Waals surface area contributed by atoms with Crippen LogP contribution < -0.4 is 11.5 Å². The van der Waals surface area contributed by atoms with E-state index in [-0.39, 0.29) is 35.4 Å². The lowest BCUT2D eigenvalue weighted by atomic mass is 10.0. The van der Waals surface area contributed by atoms with Crippen molar-refractivity contribution in [1.29, 1.82) is 0 Å². The number of esters is 2. The molecule has 1 unspecified atom stereocenters. The Hall–Kier alpha value is -2.80. The first-order chi connectivity index (χ1) is 26.9. The smallest absolute Gasteiger partial charge is 0.320 e. The summed E-state index contributed by atoms with van der Waals surface area (Å²) in [6, 6.07) is 22.1. The summed E-state index contributed by atoms with van der Waals surface area (Å²) in [5.41, 5.74) is 2.83. The van der Waals surface area contributed by atoms with Gasteiger partial charge < -0.3 is 20.9 Å². The summed E-state index contributed by atoms with van der Waals surface area (Å²) < 4.78 is 10.3. The van der Waals surface area contributed by atoms with Crippen LogP contribution in [-0.4, -0.2) is 153 Å². The van der Waals surface area contributed by atoms with Gasteiger partial charge in [0.2, 0.25) is 0 Å². The normalized spacial score (nSPS) is 18.4. The number of nitrogens with zero attached hydrogens (tertiary/aromatic N) is 5. The molecule has 0 bridgehead atoms. The van der Waals surface area contributed by atoms with Crippen molar-refractivity contribution in [3.05, 3.63) is 71.8 Å². The Bertz CT molecular complexity index is 1330. The molecule has 58 heavy (non-hydrogen) atoms. The van der Waals surface area contributed by atoms with Gasteiger partial charge in [-0.15, -0.1) is 0 Å². The molecule has 13 heteroatoms. The molecule has 0 amide bonds. The maximum Gasteiger partial charge on any atom is 0.320 e. The molecule has 2 aromatic rings. The lowest BCUT2D eigenvalue weighted by Crippen LogP contribution is -2.53. The van der Waals surface area contributed by atoms with E-state index in [0.717, 1.165) is 91.1 Å². The maximum absolute atomic E-state index is 11.9. The zero-order chi connectivity index (χ0) is 38.9. The topological polar surface area (TPSA) is 133 Å². The fraction of sp³-hybridized carbons (Fsp3) is 0.667. The van der Waals surface area contributed by atoms with Gasteiger partial charge in [0.1, 0.15) is 5.78 Å². The molecule has 0 aliphatic carbocycles. The van der Waals surface area contributed by atoms with Gasteiger partial charge in [0, 0.05) is 111 Å². The summed E-state index contributed by atoms with van der Waals surface area (Å²) in [5.74, 6) is 0.0693. The molecule has 4 fully saturated rings. The third-order valence-electron chi connectivity index (χ3n) is 10.8. The number of rotatable bonds is 15. The van der Waals surface area contributed by atoms with Crippen molar-refractivity contribution in [2.75, 3.05) is 105 Å². The SMILES string of the molecule is C.CCCCOC(=O)CN1CCC(=O)CC1.CCCCOC(=O)CN1CCC(N2CCN(Cc3ccccc3)CC2)CC1.N.P.c1ccc(CN2CCNCC2)cc1. The molecular weight excluding hydrogens is 750 g/mol. The summed E-state index contributed by atoms with van der Waals surface area (Å²) in [4.78, 5) is 46.1. The molecule has 4 heterocycles. The molecule has 0 spiro atoms. The van der Waals surface area contributed by atoms with Gasteiger partial charge in [-0.3, -0.25) is 38.9 Å². The van der Waals surface area contributed by atoms with E-state index < -0.39 is 0 Å². The second kappa shape index (κ2) is 32.0. The van der Waals surface area contributed by atoms with Gasteiger partial charge in [-0.1, -0.05) is 94.8 Å². The van der Waals surface area contributed by atoms with Crippen molar-refractivity contribution >= 4 is 27.6 Å². The molecule has 0 saturated carbocycles. The van der Waals surface area contributed by atoms with Gasteiger partial charge in [0.05, 0.1) is 26.3 Å². The van der Waals surface area contributed by atoms with E-state index in [2.05, 4.69) is 99.4 Å². The number of ether oxygens (including phenoxy) is 2. The fourth-order valence-corrected chi connectivity index (χ4v) is 7.36. The number of unbranched alkanes of at least 4 members (excludes halogenated alkanes) is 2. The average Bonchev–Trinajstić information content (AvgIpc) is 3.21. The molecular formula is C45H80N7O5P. The second-order valence-electron chi connectivity index (χ2n) is 15.3. The second-order valence-corrected chi connectivity index (χ2v) is 15.3. The van der Waals surface area contributed by atoms with Crippen LogP contribution in [0.1, 0.15) is 83.8 Å². The number of piperidine rings is 2. The Morgan fingerprint density at radius 3 is 1.50 bits per heavy atom. The third kappa shape index (κ3) is 22.0. The quantitative estimate of drug-likeness (QED) is 0.133. The highest BCUT2D eigenvalue weighted by Crippen LogP contribution is 2.19. The number of piperazine rings is 2. The third-order valence-corrected chi connectivity index (χ3v) is 10.8. The van der Waals surface area contributed by atoms with Crippen LogP contribution in [0.3, 0.4) is 0 Å². The molecule has 4 N–H and O–H groups in total. The molecule has 4 aliphatic heterocycles. The lowest BCUT2D eigenvalue weighted by molar-refractivity contribution is -0.146. The number of nitrogens with one attached hydrogen (secondary N) is 1. The number of Topliss-reactive ketones (excluding diaryl/α,β-unsaturated/α-hetero) is 1. The van der Waals surface area contributed by atoms with E-state index >= 15 is 0 Å². The standard InChI is InChI=1S/C22H35N3O2.C11H16N2.C11H19NO3.CH4.H3N.H3P/c1-2-3-17-27-22(26)19-23-11-9-21(10-12-23)25-15-13-24(14-16-25)18-20-7-5-4-6-8-20;1-2-4-11(5-3-1)10-13-8-6-12-7-9-13;1-2-3-8-15-11(14)9-12-6-4-10(13)5-7-12;;;/h4-8,21H,2-3,9-19H2,1H3;1-5,12H,6-10H2;2-9H2,1H3;1H4;2*1H3. The zero-order valence-corrected chi connectivity index (χ0v) is 36.8. The lowest BCUT2D eigenvalue weighted by Gasteiger charge is -2.42. The molecule has 6 rings (SSSR count). The summed E-state index contributed by atoms with van der Waals surface area (Å²) in [7, 11) is 0. The number of likely N-dealkylation sites (tertiary alicyclic amines) is 2. The summed E-state index contributed by atoms with van der Waals surface area (Å²) >= 11 is 0. The van der Waals surface area contributed by atoms with Crippen LogP contribution >= 0.6 is 9.90 Å². The molecule has 0 radical (unpaired) electrons. The first kappa shape index (κ1) is 53.2. The van der Waals surface area contributed by atoms with Crippen LogP contribution in [0.5, 0.6) is 0 Å². The van der Waals surface area contributed by atoms with E-state index in [1.165, 1.54) is 37.1 Å². The highest BCUT2D eigenvalue weighted by atomic mass is 31.0. The minimum Gasteiger partial charge on any atom is -0.465 e. The van der Waals surface area contributed by atoms with Crippen LogP contribution in [0.25, 0.3) is 0 Å². The van der Waals surface area contributed by atoms with Gasteiger partial charge >= 0.3 is 11.9 Å². The van der Waals surface area contributed by atoms with Crippen molar-refractivity contribution in [1.82, 2.24) is 36.0 Å². The van der Waals surface area contributed by atoms with E-state index in [0.29, 0.717) is 64.1 Å². The molecule has 12 nitrogen and oxygen atoms in total. The van der Waals surface area contributed by atoms with Crippen molar-refractivity contribution < 1.29 is 23.9 Å². The number of benzene rings is 2. The van der Waals surface area contributed by atoms with Crippen molar-refractivity contribution in [2.45, 2.75) is 91.8 Å². The number of ketones is 1. The summed E-state index contributed by atoms with van der Waals surface area (Å²) in [5, 5.41) is 3.36. The molecule has 2 aromatic carbocycles. The van der Waals surface area contributed by atoms with E-state index in [4.69, 9.17) is 9.47 Å². The van der Waals surface area contributed by atoms with E-state index in [9.17, 15) is 14.4 Å². The van der Waals surface area contributed by atoms with Crippen molar-refractivity contribution in [2.24, 2.45) is 0 Å². The molecule has 0 aromatic heterocycles. The van der Waals surface area contributed by atoms with Gasteiger partial charge in [-0.25, -0.2) is 0 Å². The Morgan fingerprint density at radius 2 is 1.05 bits per heavy atom. The number of carbonyl (C=O) groups excluding carboxylic acids is 3. The highest BCUT2D eigenvalue weighted by Gasteiger charge is 2.28. The van der Waals surface area contributed by atoms with Crippen LogP contribution in [-0.2, 0) is 36.9 Å². The average molecular weight is 830 g/mol. The first-order valence-electron chi connectivity index (χ1n) is 21.2.